The minimum atomic E-state index is -1.27. The summed E-state index contributed by atoms with van der Waals surface area (Å²) in [5.74, 6) is 0.989. The molecule has 2 aliphatic heterocycles. The largest absolute Gasteiger partial charge is 0.457 e. The fourth-order valence-electron chi connectivity index (χ4n) is 4.63. The molecule has 0 aliphatic carbocycles. The molecule has 156 valence electrons. The van der Waals surface area contributed by atoms with Gasteiger partial charge in [0.05, 0.1) is 6.04 Å². The number of urea groups is 1. The van der Waals surface area contributed by atoms with Crippen molar-refractivity contribution in [3.63, 3.8) is 0 Å². The highest BCUT2D eigenvalue weighted by Crippen LogP contribution is 2.49. The van der Waals surface area contributed by atoms with Crippen LogP contribution in [0.15, 0.2) is 96.4 Å². The number of amides is 3. The lowest BCUT2D eigenvalue weighted by Crippen LogP contribution is -2.45. The summed E-state index contributed by atoms with van der Waals surface area (Å²) in [5, 5.41) is 4.97. The van der Waals surface area contributed by atoms with E-state index in [9.17, 15) is 9.59 Å². The fraction of sp³-hybridized carbons (Fsp3) is 0.0769. The highest BCUT2D eigenvalue weighted by atomic mass is 32.1. The van der Waals surface area contributed by atoms with Crippen molar-refractivity contribution in [1.29, 1.82) is 0 Å². The van der Waals surface area contributed by atoms with E-state index in [2.05, 4.69) is 5.32 Å². The highest BCUT2D eigenvalue weighted by molar-refractivity contribution is 7.10. The van der Waals surface area contributed by atoms with Gasteiger partial charge < -0.3 is 10.1 Å². The molecule has 0 saturated carbocycles. The van der Waals surface area contributed by atoms with Gasteiger partial charge in [-0.05, 0) is 29.1 Å². The lowest BCUT2D eigenvalue weighted by atomic mass is 9.86. The molecule has 3 heterocycles. The van der Waals surface area contributed by atoms with Gasteiger partial charge in [0.1, 0.15) is 11.5 Å². The van der Waals surface area contributed by atoms with Crippen molar-refractivity contribution in [1.82, 2.24) is 10.2 Å². The van der Waals surface area contributed by atoms with E-state index >= 15 is 0 Å². The lowest BCUT2D eigenvalue weighted by Gasteiger charge is -2.33. The van der Waals surface area contributed by atoms with Crippen molar-refractivity contribution in [3.8, 4) is 11.5 Å². The maximum Gasteiger partial charge on any atom is 0.326 e. The Morgan fingerprint density at radius 3 is 2.03 bits per heavy atom. The first-order valence-electron chi connectivity index (χ1n) is 10.3. The predicted molar refractivity (Wildman–Crippen MR) is 122 cm³/mol. The van der Waals surface area contributed by atoms with Gasteiger partial charge in [-0.1, -0.05) is 72.8 Å². The quantitative estimate of drug-likeness (QED) is 0.434. The van der Waals surface area contributed by atoms with Gasteiger partial charge in [0, 0.05) is 16.0 Å². The van der Waals surface area contributed by atoms with E-state index in [1.54, 1.807) is 0 Å². The molecule has 4 aromatic rings. The zero-order valence-electron chi connectivity index (χ0n) is 16.9. The van der Waals surface area contributed by atoms with Gasteiger partial charge in [-0.25, -0.2) is 9.69 Å². The van der Waals surface area contributed by atoms with Crippen LogP contribution in [0.1, 0.15) is 27.6 Å². The summed E-state index contributed by atoms with van der Waals surface area (Å²) in [6.45, 7) is 0. The van der Waals surface area contributed by atoms with Gasteiger partial charge in [-0.3, -0.25) is 4.79 Å². The number of hydrogen-bond acceptors (Lipinski definition) is 4. The smallest absolute Gasteiger partial charge is 0.326 e. The summed E-state index contributed by atoms with van der Waals surface area (Å²) in [5.41, 5.74) is 1.03. The second kappa shape index (κ2) is 7.07. The van der Waals surface area contributed by atoms with Crippen LogP contribution in [0.2, 0.25) is 0 Å². The Bertz CT molecular complexity index is 1290. The van der Waals surface area contributed by atoms with Crippen LogP contribution in [0.4, 0.5) is 4.79 Å². The average molecular weight is 439 g/mol. The first-order valence-corrected chi connectivity index (χ1v) is 11.2. The van der Waals surface area contributed by atoms with Crippen molar-refractivity contribution < 1.29 is 14.3 Å². The van der Waals surface area contributed by atoms with E-state index in [4.69, 9.17) is 4.74 Å². The number of rotatable bonds is 3. The number of thiophene rings is 1. The van der Waals surface area contributed by atoms with E-state index in [1.807, 2.05) is 96.4 Å². The van der Waals surface area contributed by atoms with E-state index < -0.39 is 17.6 Å². The van der Waals surface area contributed by atoms with E-state index in [-0.39, 0.29) is 5.91 Å². The van der Waals surface area contributed by atoms with Crippen LogP contribution in [-0.2, 0) is 10.3 Å². The normalized spacial score (nSPS) is 19.8. The molecule has 3 amide bonds. The number of ether oxygens (including phenoxy) is 1. The number of nitrogens with one attached hydrogen (secondary N) is 1. The minimum absolute atomic E-state index is 0.298. The topological polar surface area (TPSA) is 58.6 Å². The lowest BCUT2D eigenvalue weighted by molar-refractivity contribution is -0.131. The molecule has 6 heteroatoms. The Morgan fingerprint density at radius 2 is 1.41 bits per heavy atom. The number of para-hydroxylation sites is 2. The molecule has 0 bridgehead atoms. The molecule has 2 aliphatic rings. The van der Waals surface area contributed by atoms with Crippen LogP contribution >= 0.6 is 11.3 Å². The summed E-state index contributed by atoms with van der Waals surface area (Å²) in [7, 11) is 0. The number of carbonyl (C=O) groups excluding carboxylic acids is 2. The Kier molecular flexibility index (Phi) is 4.16. The monoisotopic (exact) mass is 438 g/mol. The van der Waals surface area contributed by atoms with Gasteiger partial charge in [-0.15, -0.1) is 11.3 Å². The number of fused-ring (bicyclic) bond motifs is 2. The van der Waals surface area contributed by atoms with Crippen LogP contribution in [0.3, 0.4) is 0 Å². The van der Waals surface area contributed by atoms with E-state index in [1.165, 1.54) is 16.2 Å². The fourth-order valence-corrected chi connectivity index (χ4v) is 5.52. The Hall–Kier alpha value is -3.90. The van der Waals surface area contributed by atoms with Gasteiger partial charge in [-0.2, -0.15) is 0 Å². The van der Waals surface area contributed by atoms with Gasteiger partial charge in [0.15, 0.2) is 5.54 Å². The highest BCUT2D eigenvalue weighted by Gasteiger charge is 2.57. The first kappa shape index (κ1) is 18.8. The van der Waals surface area contributed by atoms with Gasteiger partial charge >= 0.3 is 6.03 Å². The first-order chi connectivity index (χ1) is 15.7. The third-order valence-corrected chi connectivity index (χ3v) is 7.05. The zero-order valence-corrected chi connectivity index (χ0v) is 17.7. The van der Waals surface area contributed by atoms with Crippen LogP contribution in [0.5, 0.6) is 11.5 Å². The van der Waals surface area contributed by atoms with Crippen LogP contribution in [-0.4, -0.2) is 16.8 Å². The molecule has 1 unspecified atom stereocenters. The molecule has 3 aromatic carbocycles. The number of hydrogen-bond donors (Lipinski definition) is 1. The molecule has 1 fully saturated rings. The van der Waals surface area contributed by atoms with Crippen LogP contribution in [0.25, 0.3) is 0 Å². The number of benzene rings is 3. The standard InChI is InChI=1S/C26H18N2O3S/c29-24-26(22-15-8-16-32-22,17-9-2-1-3-10-17)27-25(30)28(24)23-18-11-4-6-13-20(18)31-21-14-7-5-12-19(21)23/h1-16,23H,(H,27,30). The summed E-state index contributed by atoms with van der Waals surface area (Å²) in [4.78, 5) is 29.9. The summed E-state index contributed by atoms with van der Waals surface area (Å²) >= 11 is 1.45. The maximum atomic E-state index is 14.3. The number of nitrogens with zero attached hydrogens (tertiary/aromatic N) is 1. The molecule has 1 atom stereocenters. The van der Waals surface area contributed by atoms with Crippen molar-refractivity contribution >= 4 is 23.3 Å². The minimum Gasteiger partial charge on any atom is -0.457 e. The molecule has 6 rings (SSSR count). The summed E-state index contributed by atoms with van der Waals surface area (Å²) < 4.78 is 6.08. The van der Waals surface area contributed by atoms with Gasteiger partial charge in [0.25, 0.3) is 5.91 Å². The molecule has 0 spiro atoms. The molecular formula is C26H18N2O3S. The Labute approximate surface area is 188 Å². The zero-order chi connectivity index (χ0) is 21.7. The van der Waals surface area contributed by atoms with Crippen molar-refractivity contribution in [2.75, 3.05) is 0 Å². The number of imide groups is 1. The van der Waals surface area contributed by atoms with Crippen LogP contribution in [0, 0.1) is 0 Å². The average Bonchev–Trinajstić information content (AvgIpc) is 3.46. The molecule has 1 aromatic heterocycles. The second-order valence-corrected chi connectivity index (χ2v) is 8.73. The molecule has 1 saturated heterocycles. The van der Waals surface area contributed by atoms with Crippen LogP contribution < -0.4 is 10.1 Å². The Morgan fingerprint density at radius 1 is 0.781 bits per heavy atom. The van der Waals surface area contributed by atoms with E-state index in [0.717, 1.165) is 21.6 Å². The molecular weight excluding hydrogens is 420 g/mol. The summed E-state index contributed by atoms with van der Waals surface area (Å²) in [6.07, 6.45) is 0. The third-order valence-electron chi connectivity index (χ3n) is 6.06. The van der Waals surface area contributed by atoms with Gasteiger partial charge in [0.2, 0.25) is 0 Å². The third kappa shape index (κ3) is 2.56. The molecule has 0 radical (unpaired) electrons. The van der Waals surface area contributed by atoms with E-state index in [0.29, 0.717) is 11.5 Å². The van der Waals surface area contributed by atoms with Crippen molar-refractivity contribution in [2.45, 2.75) is 11.6 Å². The molecule has 1 N–H and O–H groups in total. The van der Waals surface area contributed by atoms with Crippen molar-refractivity contribution in [3.05, 3.63) is 118 Å². The predicted octanol–water partition coefficient (Wildman–Crippen LogP) is 5.44. The van der Waals surface area contributed by atoms with Crippen molar-refractivity contribution in [2.24, 2.45) is 0 Å². The Balaban J connectivity index is 1.56. The summed E-state index contributed by atoms with van der Waals surface area (Å²) in [6, 6.07) is 27.3. The second-order valence-electron chi connectivity index (χ2n) is 7.78. The number of carbonyl (C=O) groups is 2. The molecule has 5 nitrogen and oxygen atoms in total. The molecule has 32 heavy (non-hydrogen) atoms. The SMILES string of the molecule is O=C1NC(c2ccccc2)(c2cccs2)C(=O)N1C1c2ccccc2Oc2ccccc21. The maximum absolute atomic E-state index is 14.3.